The largest absolute Gasteiger partial charge is 0.396 e. The molecule has 1 aromatic rings. The molecule has 0 aliphatic carbocycles. The first-order valence-electron chi connectivity index (χ1n) is 5.38. The van der Waals surface area contributed by atoms with Crippen LogP contribution in [0.2, 0.25) is 0 Å². The van der Waals surface area contributed by atoms with E-state index in [4.69, 9.17) is 10.8 Å². The van der Waals surface area contributed by atoms with Crippen molar-refractivity contribution in [1.29, 1.82) is 0 Å². The van der Waals surface area contributed by atoms with Crippen molar-refractivity contribution in [3.05, 3.63) is 0 Å². The third-order valence-electron chi connectivity index (χ3n) is 2.19. The molecule has 0 saturated carbocycles. The van der Waals surface area contributed by atoms with Gasteiger partial charge in [-0.05, 0) is 0 Å². The molecule has 0 saturated heterocycles. The number of aliphatic hydroxyl groups is 1. The number of hydrogen-bond donors (Lipinski definition) is 3. The quantitative estimate of drug-likeness (QED) is 0.663. The van der Waals surface area contributed by atoms with Gasteiger partial charge in [-0.15, -0.1) is 0 Å². The lowest BCUT2D eigenvalue weighted by Gasteiger charge is -2.22. The van der Waals surface area contributed by atoms with Crippen LogP contribution in [0.4, 0.5) is 17.8 Å². The molecular weight excluding hydrogens is 220 g/mol. The number of nitrogens with two attached hydrogens (primary N) is 1. The standard InChI is InChI=1S/C10H20N6O/c1-10(2,6-17)5-12-8-13-7(11)14-9(15-8)16(3)4/h17H,5-6H2,1-4H3,(H3,11,12,13,14,15). The van der Waals surface area contributed by atoms with Crippen LogP contribution < -0.4 is 16.0 Å². The second-order valence-corrected chi connectivity index (χ2v) is 4.89. The van der Waals surface area contributed by atoms with Crippen LogP contribution in [0.5, 0.6) is 0 Å². The summed E-state index contributed by atoms with van der Waals surface area (Å²) in [4.78, 5) is 13.9. The van der Waals surface area contributed by atoms with Gasteiger partial charge >= 0.3 is 0 Å². The lowest BCUT2D eigenvalue weighted by atomic mass is 9.95. The second kappa shape index (κ2) is 5.13. The summed E-state index contributed by atoms with van der Waals surface area (Å²) in [6.45, 7) is 4.52. The minimum atomic E-state index is -0.236. The van der Waals surface area contributed by atoms with E-state index in [1.807, 2.05) is 27.9 Å². The molecule has 0 aliphatic heterocycles. The molecule has 17 heavy (non-hydrogen) atoms. The Morgan fingerprint density at radius 1 is 1.29 bits per heavy atom. The van der Waals surface area contributed by atoms with Gasteiger partial charge < -0.3 is 21.1 Å². The zero-order chi connectivity index (χ0) is 13.1. The molecule has 1 rings (SSSR count). The van der Waals surface area contributed by atoms with Gasteiger partial charge in [-0.25, -0.2) is 0 Å². The van der Waals surface area contributed by atoms with Crippen LogP contribution in [0.25, 0.3) is 0 Å². The zero-order valence-electron chi connectivity index (χ0n) is 10.7. The summed E-state index contributed by atoms with van der Waals surface area (Å²) in [6, 6.07) is 0. The van der Waals surface area contributed by atoms with Crippen molar-refractivity contribution in [2.45, 2.75) is 13.8 Å². The summed E-state index contributed by atoms with van der Waals surface area (Å²) < 4.78 is 0. The molecule has 4 N–H and O–H groups in total. The Hall–Kier alpha value is -1.63. The third-order valence-corrected chi connectivity index (χ3v) is 2.19. The van der Waals surface area contributed by atoms with Crippen molar-refractivity contribution in [2.75, 3.05) is 43.2 Å². The Morgan fingerprint density at radius 3 is 2.47 bits per heavy atom. The summed E-state index contributed by atoms with van der Waals surface area (Å²) in [7, 11) is 3.66. The number of nitrogen functional groups attached to an aromatic ring is 1. The predicted molar refractivity (Wildman–Crippen MR) is 67.9 cm³/mol. The summed E-state index contributed by atoms with van der Waals surface area (Å²) in [5.74, 6) is 1.09. The Morgan fingerprint density at radius 2 is 1.94 bits per heavy atom. The number of nitrogens with one attached hydrogen (secondary N) is 1. The predicted octanol–water partition coefficient (Wildman–Crippen LogP) is -0.0498. The molecule has 0 atom stereocenters. The van der Waals surface area contributed by atoms with E-state index < -0.39 is 0 Å². The fourth-order valence-corrected chi connectivity index (χ4v) is 1.03. The molecule has 0 radical (unpaired) electrons. The topological polar surface area (TPSA) is 100 Å². The van der Waals surface area contributed by atoms with Crippen molar-refractivity contribution in [2.24, 2.45) is 5.41 Å². The van der Waals surface area contributed by atoms with E-state index >= 15 is 0 Å². The van der Waals surface area contributed by atoms with E-state index in [9.17, 15) is 0 Å². The molecule has 0 unspecified atom stereocenters. The van der Waals surface area contributed by atoms with Crippen molar-refractivity contribution in [1.82, 2.24) is 15.0 Å². The van der Waals surface area contributed by atoms with Gasteiger partial charge in [-0.1, -0.05) is 13.8 Å². The fraction of sp³-hybridized carbons (Fsp3) is 0.700. The van der Waals surface area contributed by atoms with Crippen molar-refractivity contribution in [3.63, 3.8) is 0 Å². The van der Waals surface area contributed by atoms with Gasteiger partial charge in [0, 0.05) is 32.7 Å². The van der Waals surface area contributed by atoms with Crippen molar-refractivity contribution < 1.29 is 5.11 Å². The number of hydrogen-bond acceptors (Lipinski definition) is 7. The number of nitrogens with zero attached hydrogens (tertiary/aromatic N) is 4. The first kappa shape index (κ1) is 13.4. The highest BCUT2D eigenvalue weighted by Gasteiger charge is 2.17. The highest BCUT2D eigenvalue weighted by molar-refractivity contribution is 5.40. The summed E-state index contributed by atoms with van der Waals surface area (Å²) in [5, 5.41) is 12.2. The Labute approximate surface area is 101 Å². The Kier molecular flexibility index (Phi) is 4.06. The normalized spacial score (nSPS) is 11.4. The molecule has 0 bridgehead atoms. The first-order chi connectivity index (χ1) is 7.84. The van der Waals surface area contributed by atoms with Crippen LogP contribution >= 0.6 is 0 Å². The maximum Gasteiger partial charge on any atom is 0.231 e. The van der Waals surface area contributed by atoms with Crippen molar-refractivity contribution in [3.8, 4) is 0 Å². The zero-order valence-corrected chi connectivity index (χ0v) is 10.7. The SMILES string of the molecule is CN(C)c1nc(N)nc(NCC(C)(C)CO)n1. The molecule has 0 aromatic carbocycles. The Bertz CT molecular complexity index is 379. The molecule has 7 heteroatoms. The highest BCUT2D eigenvalue weighted by atomic mass is 16.3. The minimum Gasteiger partial charge on any atom is -0.396 e. The van der Waals surface area contributed by atoms with E-state index in [0.717, 1.165) is 0 Å². The van der Waals surface area contributed by atoms with E-state index in [-0.39, 0.29) is 18.0 Å². The van der Waals surface area contributed by atoms with E-state index in [2.05, 4.69) is 20.3 Å². The smallest absolute Gasteiger partial charge is 0.231 e. The van der Waals surface area contributed by atoms with Crippen LogP contribution in [-0.4, -0.2) is 47.3 Å². The molecule has 1 aromatic heterocycles. The number of rotatable bonds is 5. The van der Waals surface area contributed by atoms with Crippen LogP contribution in [0.1, 0.15) is 13.8 Å². The number of aromatic nitrogens is 3. The number of anilines is 3. The van der Waals surface area contributed by atoms with E-state index in [1.54, 1.807) is 4.90 Å². The minimum absolute atomic E-state index is 0.0844. The van der Waals surface area contributed by atoms with E-state index in [1.165, 1.54) is 0 Å². The van der Waals surface area contributed by atoms with Crippen molar-refractivity contribution >= 4 is 17.8 Å². The maximum absolute atomic E-state index is 9.14. The van der Waals surface area contributed by atoms with Crippen LogP contribution in [-0.2, 0) is 0 Å². The Balaban J connectivity index is 2.78. The van der Waals surface area contributed by atoms with Crippen LogP contribution in [0, 0.1) is 5.41 Å². The van der Waals surface area contributed by atoms with Crippen LogP contribution in [0.3, 0.4) is 0 Å². The van der Waals surface area contributed by atoms with Gasteiger partial charge in [0.1, 0.15) is 0 Å². The maximum atomic E-state index is 9.14. The molecule has 1 heterocycles. The van der Waals surface area contributed by atoms with Gasteiger partial charge in [-0.2, -0.15) is 15.0 Å². The molecule has 96 valence electrons. The first-order valence-corrected chi connectivity index (χ1v) is 5.38. The van der Waals surface area contributed by atoms with Gasteiger partial charge in [0.2, 0.25) is 17.8 Å². The molecule has 0 spiro atoms. The molecule has 0 amide bonds. The number of aliphatic hydroxyl groups excluding tert-OH is 1. The summed E-state index contributed by atoms with van der Waals surface area (Å²) >= 11 is 0. The fourth-order valence-electron chi connectivity index (χ4n) is 1.03. The third kappa shape index (κ3) is 4.03. The molecule has 0 aliphatic rings. The van der Waals surface area contributed by atoms with Gasteiger partial charge in [0.25, 0.3) is 0 Å². The molecule has 7 nitrogen and oxygen atoms in total. The monoisotopic (exact) mass is 240 g/mol. The van der Waals surface area contributed by atoms with Gasteiger partial charge in [0.05, 0.1) is 0 Å². The average Bonchev–Trinajstić information content (AvgIpc) is 2.26. The molecular formula is C10H20N6O. The second-order valence-electron chi connectivity index (χ2n) is 4.89. The summed E-state index contributed by atoms with van der Waals surface area (Å²) in [6.07, 6.45) is 0. The lowest BCUT2D eigenvalue weighted by molar-refractivity contribution is 0.170. The highest BCUT2D eigenvalue weighted by Crippen LogP contribution is 2.15. The summed E-state index contributed by atoms with van der Waals surface area (Å²) in [5.41, 5.74) is 5.35. The van der Waals surface area contributed by atoms with Gasteiger partial charge in [0.15, 0.2) is 0 Å². The lowest BCUT2D eigenvalue weighted by Crippen LogP contribution is -2.28. The van der Waals surface area contributed by atoms with Crippen LogP contribution in [0.15, 0.2) is 0 Å². The molecule has 0 fully saturated rings. The average molecular weight is 240 g/mol. The van der Waals surface area contributed by atoms with E-state index in [0.29, 0.717) is 18.4 Å². The van der Waals surface area contributed by atoms with Gasteiger partial charge in [-0.3, -0.25) is 0 Å².